The zero-order chi connectivity index (χ0) is 22.1. The van der Waals surface area contributed by atoms with Crippen molar-refractivity contribution in [1.82, 2.24) is 9.55 Å². The molecule has 0 spiro atoms. The Morgan fingerprint density at radius 1 is 1.12 bits per heavy atom. The van der Waals surface area contributed by atoms with Gasteiger partial charge in [-0.2, -0.15) is 5.26 Å². The highest BCUT2D eigenvalue weighted by molar-refractivity contribution is 8.00. The average Bonchev–Trinajstić information content (AvgIpc) is 2.99. The minimum Gasteiger partial charge on any atom is -0.283 e. The highest BCUT2D eigenvalue weighted by Gasteiger charge is 2.29. The summed E-state index contributed by atoms with van der Waals surface area (Å²) in [4.78, 5) is 18.8. The third-order valence-corrected chi connectivity index (χ3v) is 8.29. The van der Waals surface area contributed by atoms with Crippen LogP contribution < -0.4 is 0 Å². The van der Waals surface area contributed by atoms with Gasteiger partial charge in [0.15, 0.2) is 0 Å². The average molecular weight is 444 g/mol. The molecule has 1 atom stereocenters. The number of aryl methyl sites for hydroxylation is 3. The van der Waals surface area contributed by atoms with E-state index in [2.05, 4.69) is 31.2 Å². The number of rotatable bonds is 4. The first kappa shape index (κ1) is 21.3. The van der Waals surface area contributed by atoms with Gasteiger partial charge in [0.1, 0.15) is 11.1 Å². The lowest BCUT2D eigenvalue weighted by atomic mass is 9.95. The Morgan fingerprint density at radius 3 is 2.75 bits per heavy atom. The van der Waals surface area contributed by atoms with Gasteiger partial charge in [0.05, 0.1) is 16.3 Å². The zero-order valence-corrected chi connectivity index (χ0v) is 19.5. The highest BCUT2D eigenvalue weighted by Crippen LogP contribution is 2.36. The van der Waals surface area contributed by atoms with Gasteiger partial charge in [-0.25, -0.2) is 4.98 Å². The van der Waals surface area contributed by atoms with Crippen molar-refractivity contribution in [3.8, 4) is 6.07 Å². The second-order valence-corrected chi connectivity index (χ2v) is 10.1. The second-order valence-electron chi connectivity index (χ2n) is 8.96. The van der Waals surface area contributed by atoms with Gasteiger partial charge in [-0.15, -0.1) is 0 Å². The summed E-state index contributed by atoms with van der Waals surface area (Å²) in [6.45, 7) is 2.06. The summed E-state index contributed by atoms with van der Waals surface area (Å²) < 4.78 is 1.99. The molecule has 0 fully saturated rings. The minimum absolute atomic E-state index is 0.123. The van der Waals surface area contributed by atoms with Gasteiger partial charge in [0, 0.05) is 16.8 Å². The maximum atomic E-state index is 13.9. The molecule has 2 aliphatic carbocycles. The summed E-state index contributed by atoms with van der Waals surface area (Å²) in [6, 6.07) is 12.7. The molecule has 3 aromatic rings. The first-order valence-electron chi connectivity index (χ1n) is 12.0. The van der Waals surface area contributed by atoms with Crippen molar-refractivity contribution in [2.75, 3.05) is 0 Å². The smallest absolute Gasteiger partial charge is 0.244 e. The zero-order valence-electron chi connectivity index (χ0n) is 18.7. The molecule has 5 heteroatoms. The van der Waals surface area contributed by atoms with Crippen LogP contribution in [-0.4, -0.2) is 20.7 Å². The van der Waals surface area contributed by atoms with E-state index in [-0.39, 0.29) is 11.2 Å². The molecule has 0 aliphatic heterocycles. The molecule has 2 aromatic heterocycles. The molecule has 0 saturated carbocycles. The monoisotopic (exact) mass is 443 g/mol. The van der Waals surface area contributed by atoms with Crippen molar-refractivity contribution >= 4 is 28.6 Å². The molecule has 32 heavy (non-hydrogen) atoms. The predicted molar refractivity (Wildman–Crippen MR) is 129 cm³/mol. The van der Waals surface area contributed by atoms with Crippen LogP contribution in [0.15, 0.2) is 35.4 Å². The normalized spacial score (nSPS) is 16.6. The number of benzene rings is 1. The van der Waals surface area contributed by atoms with E-state index in [1.54, 1.807) is 0 Å². The number of nitrogens with zero attached hydrogens (tertiary/aromatic N) is 3. The largest absolute Gasteiger partial charge is 0.283 e. The molecule has 2 aliphatic rings. The standard InChI is InChI=1S/C27H29N3OS/c1-2-25(32-26-19(17-28)16-18-10-4-3-5-13-22(18)29-26)27(31)30-23-14-8-6-11-20(23)21-12-7-9-15-24(21)30/h6,8,11,14,16,25H,2-5,7,9-10,12-13,15H2,1H3. The summed E-state index contributed by atoms with van der Waals surface area (Å²) in [5, 5.41) is 11.5. The van der Waals surface area contributed by atoms with Crippen LogP contribution in [0.4, 0.5) is 0 Å². The maximum absolute atomic E-state index is 13.9. The number of aromatic nitrogens is 2. The molecular formula is C27H29N3OS. The van der Waals surface area contributed by atoms with Crippen LogP contribution >= 0.6 is 11.8 Å². The van der Waals surface area contributed by atoms with Gasteiger partial charge in [-0.05, 0) is 81.0 Å². The fourth-order valence-corrected chi connectivity index (χ4v) is 6.33. The van der Waals surface area contributed by atoms with Crippen LogP contribution in [0.2, 0.25) is 0 Å². The number of para-hydroxylation sites is 1. The molecule has 4 nitrogen and oxygen atoms in total. The number of hydrogen-bond donors (Lipinski definition) is 0. The van der Waals surface area contributed by atoms with Crippen molar-refractivity contribution in [1.29, 1.82) is 5.26 Å². The molecule has 2 heterocycles. The number of hydrogen-bond acceptors (Lipinski definition) is 4. The van der Waals surface area contributed by atoms with Crippen molar-refractivity contribution < 1.29 is 4.79 Å². The number of thioether (sulfide) groups is 1. The van der Waals surface area contributed by atoms with E-state index >= 15 is 0 Å². The van der Waals surface area contributed by atoms with E-state index in [9.17, 15) is 10.1 Å². The van der Waals surface area contributed by atoms with Gasteiger partial charge in [0.2, 0.25) is 5.91 Å². The quantitative estimate of drug-likeness (QED) is 0.352. The minimum atomic E-state index is -0.264. The van der Waals surface area contributed by atoms with E-state index in [0.717, 1.165) is 61.2 Å². The number of nitriles is 1. The van der Waals surface area contributed by atoms with E-state index < -0.39 is 0 Å². The highest BCUT2D eigenvalue weighted by atomic mass is 32.2. The summed E-state index contributed by atoms with van der Waals surface area (Å²) in [5.41, 5.74) is 6.52. The lowest BCUT2D eigenvalue weighted by Crippen LogP contribution is -2.26. The van der Waals surface area contributed by atoms with Gasteiger partial charge >= 0.3 is 0 Å². The van der Waals surface area contributed by atoms with E-state index in [1.165, 1.54) is 46.8 Å². The van der Waals surface area contributed by atoms with Gasteiger partial charge in [-0.3, -0.25) is 9.36 Å². The maximum Gasteiger partial charge on any atom is 0.244 e. The second kappa shape index (κ2) is 9.11. The number of pyridine rings is 1. The Balaban J connectivity index is 1.53. The molecule has 5 rings (SSSR count). The van der Waals surface area contributed by atoms with Crippen LogP contribution in [-0.2, 0) is 25.7 Å². The Hall–Kier alpha value is -2.58. The van der Waals surface area contributed by atoms with Crippen LogP contribution in [0.1, 0.15) is 78.3 Å². The molecular weight excluding hydrogens is 414 g/mol. The fraction of sp³-hybridized carbons (Fsp3) is 0.444. The third kappa shape index (κ3) is 3.75. The summed E-state index contributed by atoms with van der Waals surface area (Å²) in [6.07, 6.45) is 10.5. The van der Waals surface area contributed by atoms with Gasteiger partial charge in [-0.1, -0.05) is 43.3 Å². The molecule has 1 aromatic carbocycles. The molecule has 1 unspecified atom stereocenters. The molecule has 0 radical (unpaired) electrons. The van der Waals surface area contributed by atoms with Gasteiger partial charge in [0.25, 0.3) is 0 Å². The Kier molecular flexibility index (Phi) is 6.06. The summed E-state index contributed by atoms with van der Waals surface area (Å²) in [7, 11) is 0. The first-order chi connectivity index (χ1) is 15.7. The SMILES string of the molecule is CCC(Sc1nc2c(cc1C#N)CCCCC2)C(=O)n1c2c(c3ccccc31)CCCC2. The van der Waals surface area contributed by atoms with Crippen LogP contribution in [0.25, 0.3) is 10.9 Å². The fourth-order valence-electron chi connectivity index (χ4n) is 5.30. The van der Waals surface area contributed by atoms with Crippen LogP contribution in [0, 0.1) is 11.3 Å². The summed E-state index contributed by atoms with van der Waals surface area (Å²) >= 11 is 1.48. The molecule has 0 bridgehead atoms. The Bertz CT molecular complexity index is 1220. The van der Waals surface area contributed by atoms with Crippen molar-refractivity contribution in [2.24, 2.45) is 0 Å². The lowest BCUT2D eigenvalue weighted by molar-refractivity contribution is 0.0910. The summed E-state index contributed by atoms with van der Waals surface area (Å²) in [5.74, 6) is 0.123. The van der Waals surface area contributed by atoms with Crippen molar-refractivity contribution in [3.63, 3.8) is 0 Å². The first-order valence-corrected chi connectivity index (χ1v) is 12.8. The topological polar surface area (TPSA) is 58.7 Å². The predicted octanol–water partition coefficient (Wildman–Crippen LogP) is 6.27. The van der Waals surface area contributed by atoms with Crippen LogP contribution in [0.5, 0.6) is 0 Å². The van der Waals surface area contributed by atoms with Crippen LogP contribution in [0.3, 0.4) is 0 Å². The molecule has 0 N–H and O–H groups in total. The van der Waals surface area contributed by atoms with Gasteiger partial charge < -0.3 is 0 Å². The Morgan fingerprint density at radius 2 is 1.91 bits per heavy atom. The number of carbonyl (C=O) groups excluding carboxylic acids is 1. The molecule has 0 amide bonds. The molecule has 0 saturated heterocycles. The third-order valence-electron chi connectivity index (χ3n) is 6.94. The van der Waals surface area contributed by atoms with E-state index in [4.69, 9.17) is 4.98 Å². The van der Waals surface area contributed by atoms with E-state index in [0.29, 0.717) is 12.0 Å². The van der Waals surface area contributed by atoms with E-state index in [1.807, 2.05) is 16.7 Å². The molecule has 164 valence electrons. The Labute approximate surface area is 194 Å². The van der Waals surface area contributed by atoms with Crippen molar-refractivity contribution in [3.05, 3.63) is 58.4 Å². The number of carbonyl (C=O) groups is 1. The lowest BCUT2D eigenvalue weighted by Gasteiger charge is -2.20. The van der Waals surface area contributed by atoms with Crippen molar-refractivity contribution in [2.45, 2.75) is 81.4 Å². The number of fused-ring (bicyclic) bond motifs is 4.